The predicted octanol–water partition coefficient (Wildman–Crippen LogP) is 7.26. The van der Waals surface area contributed by atoms with Gasteiger partial charge < -0.3 is 0 Å². The van der Waals surface area contributed by atoms with Crippen molar-refractivity contribution in [3.05, 3.63) is 58.6 Å². The van der Waals surface area contributed by atoms with Crippen LogP contribution < -0.4 is 9.80 Å². The molecule has 8 nitrogen and oxygen atoms in total. The number of hydrogen-bond donors (Lipinski definition) is 2. The molecule has 0 radical (unpaired) electrons. The maximum atomic E-state index is 13.5. The molecule has 0 aromatic heterocycles. The molecule has 2 aromatic carbocycles. The topological polar surface area (TPSA) is 87.6 Å². The zero-order valence-corrected chi connectivity index (χ0v) is 22.1. The first-order chi connectivity index (χ1) is 16.7. The molecule has 0 bridgehead atoms. The van der Waals surface area contributed by atoms with E-state index in [1.807, 2.05) is 27.7 Å². The lowest BCUT2D eigenvalue weighted by molar-refractivity contribution is -0.0791. The SMILES string of the molecule is CCC(CC)N(O)C(=O)N(CN(C(=O)N(O)C(CC)CC)c1ccccc1Cl)c1ccccc1Cl. The minimum atomic E-state index is -0.760. The Bertz CT molecular complexity index is 908. The van der Waals surface area contributed by atoms with Gasteiger partial charge in [-0.1, -0.05) is 75.2 Å². The lowest BCUT2D eigenvalue weighted by Crippen LogP contribution is -2.54. The third-order valence-corrected chi connectivity index (χ3v) is 6.64. The number of rotatable bonds is 10. The predicted molar refractivity (Wildman–Crippen MR) is 140 cm³/mol. The Morgan fingerprint density at radius 3 is 1.29 bits per heavy atom. The molecule has 0 spiro atoms. The number of hydrogen-bond acceptors (Lipinski definition) is 4. The minimum absolute atomic E-state index is 0.256. The van der Waals surface area contributed by atoms with Gasteiger partial charge in [0.05, 0.1) is 33.5 Å². The van der Waals surface area contributed by atoms with Gasteiger partial charge in [-0.25, -0.2) is 19.7 Å². The Labute approximate surface area is 217 Å². The van der Waals surface area contributed by atoms with Gasteiger partial charge in [-0.05, 0) is 49.9 Å². The normalized spacial score (nSPS) is 11.0. The van der Waals surface area contributed by atoms with Crippen LogP contribution in [0, 0.1) is 0 Å². The smallest absolute Gasteiger partial charge is 0.284 e. The summed E-state index contributed by atoms with van der Waals surface area (Å²) in [7, 11) is 0. The number of para-hydroxylation sites is 2. The van der Waals surface area contributed by atoms with Gasteiger partial charge in [0, 0.05) is 0 Å². The number of carbonyl (C=O) groups excluding carboxylic acids is 2. The van der Waals surface area contributed by atoms with Gasteiger partial charge in [0.1, 0.15) is 6.67 Å². The number of hydroxylamine groups is 4. The number of benzene rings is 2. The van der Waals surface area contributed by atoms with Crippen LogP contribution in [0.25, 0.3) is 0 Å². The number of nitrogens with zero attached hydrogens (tertiary/aromatic N) is 4. The standard InChI is InChI=1S/C25H34Cl2N4O4/c1-5-18(6-2)30(34)24(32)28(22-15-11-9-13-20(22)26)17-29(23-16-12-10-14-21(23)27)25(33)31(35)19(7-3)8-4/h9-16,18-19,34-35H,5-8,17H2,1-4H3. The van der Waals surface area contributed by atoms with Crippen molar-refractivity contribution >= 4 is 46.6 Å². The van der Waals surface area contributed by atoms with E-state index in [4.69, 9.17) is 23.2 Å². The van der Waals surface area contributed by atoms with Gasteiger partial charge in [-0.3, -0.25) is 20.2 Å². The van der Waals surface area contributed by atoms with Gasteiger partial charge in [-0.2, -0.15) is 0 Å². The van der Waals surface area contributed by atoms with E-state index >= 15 is 0 Å². The molecule has 0 saturated carbocycles. The molecule has 10 heteroatoms. The van der Waals surface area contributed by atoms with Crippen molar-refractivity contribution < 1.29 is 20.0 Å². The second-order valence-electron chi connectivity index (χ2n) is 8.10. The minimum Gasteiger partial charge on any atom is -0.284 e. The van der Waals surface area contributed by atoms with Crippen molar-refractivity contribution in [2.45, 2.75) is 65.5 Å². The second-order valence-corrected chi connectivity index (χ2v) is 8.91. The van der Waals surface area contributed by atoms with Crippen molar-refractivity contribution in [1.82, 2.24) is 10.1 Å². The Kier molecular flexibility index (Phi) is 11.1. The molecule has 0 fully saturated rings. The fraction of sp³-hybridized carbons (Fsp3) is 0.440. The molecule has 0 aliphatic heterocycles. The summed E-state index contributed by atoms with van der Waals surface area (Å²) >= 11 is 12.9. The van der Waals surface area contributed by atoms with Gasteiger partial charge in [0.15, 0.2) is 0 Å². The van der Waals surface area contributed by atoms with Crippen LogP contribution in [-0.2, 0) is 0 Å². The average molecular weight is 525 g/mol. The van der Waals surface area contributed by atoms with Crippen LogP contribution in [0.3, 0.4) is 0 Å². The molecule has 0 aliphatic carbocycles. The van der Waals surface area contributed by atoms with Gasteiger partial charge in [0.2, 0.25) is 0 Å². The molecule has 0 saturated heterocycles. The van der Waals surface area contributed by atoms with E-state index in [0.717, 1.165) is 0 Å². The Morgan fingerprint density at radius 1 is 0.686 bits per heavy atom. The lowest BCUT2D eigenvalue weighted by atomic mass is 10.1. The number of anilines is 2. The lowest BCUT2D eigenvalue weighted by Gasteiger charge is -2.37. The Balaban J connectivity index is 2.61. The second kappa shape index (κ2) is 13.5. The van der Waals surface area contributed by atoms with Crippen LogP contribution in [0.4, 0.5) is 21.0 Å². The van der Waals surface area contributed by atoms with Crippen molar-refractivity contribution in [3.63, 3.8) is 0 Å². The van der Waals surface area contributed by atoms with Gasteiger partial charge in [0.25, 0.3) is 0 Å². The first kappa shape index (κ1) is 28.7. The summed E-state index contributed by atoms with van der Waals surface area (Å²) in [6.45, 7) is 7.10. The maximum absolute atomic E-state index is 13.5. The summed E-state index contributed by atoms with van der Waals surface area (Å²) in [5.41, 5.74) is 0.585. The largest absolute Gasteiger partial charge is 0.350 e. The van der Waals surface area contributed by atoms with E-state index in [-0.39, 0.29) is 16.7 Å². The van der Waals surface area contributed by atoms with Crippen LogP contribution in [0.2, 0.25) is 10.0 Å². The molecule has 0 unspecified atom stereocenters. The summed E-state index contributed by atoms with van der Waals surface area (Å²) < 4.78 is 0. The summed E-state index contributed by atoms with van der Waals surface area (Å²) in [4.78, 5) is 29.5. The average Bonchev–Trinajstić information content (AvgIpc) is 2.86. The molecule has 192 valence electrons. The Hall–Kier alpha value is -2.52. The van der Waals surface area contributed by atoms with E-state index in [1.165, 1.54) is 9.80 Å². The quantitative estimate of drug-likeness (QED) is 0.194. The van der Waals surface area contributed by atoms with E-state index in [1.54, 1.807) is 48.5 Å². The fourth-order valence-corrected chi connectivity index (χ4v) is 4.27. The number of urea groups is 2. The molecule has 0 atom stereocenters. The number of carbonyl (C=O) groups is 2. The molecule has 2 N–H and O–H groups in total. The third-order valence-electron chi connectivity index (χ3n) is 6.00. The first-order valence-electron chi connectivity index (χ1n) is 11.8. The summed E-state index contributed by atoms with van der Waals surface area (Å²) in [6, 6.07) is 10.9. The fourth-order valence-electron chi connectivity index (χ4n) is 3.79. The highest BCUT2D eigenvalue weighted by Crippen LogP contribution is 2.31. The highest BCUT2D eigenvalue weighted by atomic mass is 35.5. The summed E-state index contributed by atoms with van der Waals surface area (Å²) in [5, 5.41) is 23.4. The van der Waals surface area contributed by atoms with Crippen molar-refractivity contribution in [2.75, 3.05) is 16.5 Å². The molecule has 0 aliphatic rings. The summed E-state index contributed by atoms with van der Waals surface area (Å²) in [6.07, 6.45) is 2.12. The zero-order valence-electron chi connectivity index (χ0n) is 20.6. The molecule has 2 aromatic rings. The van der Waals surface area contributed by atoms with Crippen molar-refractivity contribution in [1.29, 1.82) is 0 Å². The molecule has 35 heavy (non-hydrogen) atoms. The number of amides is 4. The van der Waals surface area contributed by atoms with Crippen LogP contribution in [0.15, 0.2) is 48.5 Å². The first-order valence-corrected chi connectivity index (χ1v) is 12.5. The zero-order chi connectivity index (χ0) is 26.1. The van der Waals surface area contributed by atoms with Crippen LogP contribution >= 0.6 is 23.2 Å². The van der Waals surface area contributed by atoms with Crippen LogP contribution in [0.5, 0.6) is 0 Å². The molecule has 4 amide bonds. The van der Waals surface area contributed by atoms with Crippen molar-refractivity contribution in [2.24, 2.45) is 0 Å². The van der Waals surface area contributed by atoms with E-state index < -0.39 is 24.1 Å². The molecule has 2 rings (SSSR count). The summed E-state index contributed by atoms with van der Waals surface area (Å²) in [5.74, 6) is 0. The molecular formula is C25H34Cl2N4O4. The molecular weight excluding hydrogens is 491 g/mol. The highest BCUT2D eigenvalue weighted by molar-refractivity contribution is 6.34. The van der Waals surface area contributed by atoms with E-state index in [9.17, 15) is 20.0 Å². The van der Waals surface area contributed by atoms with Crippen LogP contribution in [0.1, 0.15) is 53.4 Å². The van der Waals surface area contributed by atoms with Gasteiger partial charge >= 0.3 is 12.1 Å². The highest BCUT2D eigenvalue weighted by Gasteiger charge is 2.33. The van der Waals surface area contributed by atoms with Gasteiger partial charge in [-0.15, -0.1) is 0 Å². The van der Waals surface area contributed by atoms with Crippen LogP contribution in [-0.4, -0.2) is 51.4 Å². The maximum Gasteiger partial charge on any atom is 0.350 e. The third kappa shape index (κ3) is 6.79. The monoisotopic (exact) mass is 524 g/mol. The van der Waals surface area contributed by atoms with E-state index in [0.29, 0.717) is 47.2 Å². The van der Waals surface area contributed by atoms with Crippen molar-refractivity contribution in [3.8, 4) is 0 Å². The number of halogens is 2. The van der Waals surface area contributed by atoms with E-state index in [2.05, 4.69) is 0 Å². The molecule has 0 heterocycles. The Morgan fingerprint density at radius 2 is 1.00 bits per heavy atom.